The van der Waals surface area contributed by atoms with Crippen LogP contribution in [0.1, 0.15) is 11.1 Å². The molecule has 4 N–H and O–H groups in total. The third kappa shape index (κ3) is 5.98. The monoisotopic (exact) mass is 393 g/mol. The highest BCUT2D eigenvalue weighted by molar-refractivity contribution is 6.30. The van der Waals surface area contributed by atoms with Crippen molar-refractivity contribution in [1.82, 2.24) is 0 Å². The number of hydrogen-bond acceptors (Lipinski definition) is 6. The molecule has 27 heavy (non-hydrogen) atoms. The van der Waals surface area contributed by atoms with Gasteiger partial charge in [-0.2, -0.15) is 0 Å². The summed E-state index contributed by atoms with van der Waals surface area (Å²) < 4.78 is 0. The summed E-state index contributed by atoms with van der Waals surface area (Å²) in [6, 6.07) is 12.4. The zero-order valence-electron chi connectivity index (χ0n) is 15.2. The minimum Gasteiger partial charge on any atom is -0.394 e. The van der Waals surface area contributed by atoms with Gasteiger partial charge in [0.05, 0.1) is 24.5 Å². The Kier molecular flexibility index (Phi) is 7.70. The number of nitrogens with zero attached hydrogens (tertiary/aromatic N) is 3. The van der Waals surface area contributed by atoms with Crippen molar-refractivity contribution in [2.75, 3.05) is 18.2 Å². The van der Waals surface area contributed by atoms with E-state index in [1.807, 2.05) is 32.0 Å². The number of benzene rings is 2. The number of rotatable bonds is 8. The molecule has 7 nitrogen and oxygen atoms in total. The number of anilines is 1. The molecular weight excluding hydrogens is 370 g/mol. The first-order valence-corrected chi connectivity index (χ1v) is 8.86. The summed E-state index contributed by atoms with van der Waals surface area (Å²) in [5.41, 5.74) is 3.37. The second kappa shape index (κ2) is 9.77. The van der Waals surface area contributed by atoms with E-state index in [1.165, 1.54) is 5.01 Å². The summed E-state index contributed by atoms with van der Waals surface area (Å²) in [6.07, 6.45) is -4.32. The van der Waals surface area contributed by atoms with Crippen LogP contribution in [-0.2, 0) is 0 Å². The Hall–Kier alpha value is -2.03. The second-order valence-electron chi connectivity index (χ2n) is 6.32. The molecule has 0 saturated carbocycles. The lowest BCUT2D eigenvalue weighted by Gasteiger charge is -2.26. The van der Waals surface area contributed by atoms with Crippen molar-refractivity contribution in [2.24, 2.45) is 10.3 Å². The van der Waals surface area contributed by atoms with Crippen LogP contribution in [0.15, 0.2) is 52.8 Å². The molecular formula is C19H24ClN3O4. The fourth-order valence-corrected chi connectivity index (χ4v) is 2.47. The van der Waals surface area contributed by atoms with Crippen LogP contribution in [0.2, 0.25) is 5.02 Å². The van der Waals surface area contributed by atoms with E-state index in [1.54, 1.807) is 24.3 Å². The van der Waals surface area contributed by atoms with Gasteiger partial charge in [0.25, 0.3) is 0 Å². The van der Waals surface area contributed by atoms with Gasteiger partial charge < -0.3 is 20.4 Å². The predicted octanol–water partition coefficient (Wildman–Crippen LogP) is 2.54. The van der Waals surface area contributed by atoms with Gasteiger partial charge >= 0.3 is 0 Å². The summed E-state index contributed by atoms with van der Waals surface area (Å²) in [5, 5.41) is 49.0. The van der Waals surface area contributed by atoms with E-state index >= 15 is 0 Å². The summed E-state index contributed by atoms with van der Waals surface area (Å²) in [4.78, 5) is 0. The zero-order valence-corrected chi connectivity index (χ0v) is 16.0. The van der Waals surface area contributed by atoms with Crippen molar-refractivity contribution in [3.8, 4) is 0 Å². The van der Waals surface area contributed by atoms with Crippen LogP contribution in [0, 0.1) is 13.8 Å². The largest absolute Gasteiger partial charge is 0.394 e. The molecule has 3 atom stereocenters. The Balaban J connectivity index is 2.27. The van der Waals surface area contributed by atoms with E-state index in [0.29, 0.717) is 16.4 Å². The molecule has 2 aromatic rings. The molecule has 2 aromatic carbocycles. The molecule has 0 spiro atoms. The first-order valence-electron chi connectivity index (χ1n) is 8.49. The Bertz CT molecular complexity index is 770. The van der Waals surface area contributed by atoms with E-state index in [9.17, 15) is 15.3 Å². The Labute approximate surface area is 163 Å². The maximum atomic E-state index is 10.2. The van der Waals surface area contributed by atoms with E-state index in [-0.39, 0.29) is 6.54 Å². The lowest BCUT2D eigenvalue weighted by Crippen LogP contribution is -2.44. The van der Waals surface area contributed by atoms with Gasteiger partial charge in [-0.25, -0.2) is 5.01 Å². The summed E-state index contributed by atoms with van der Waals surface area (Å²) >= 11 is 5.86. The molecule has 0 aliphatic heterocycles. The van der Waals surface area contributed by atoms with Crippen molar-refractivity contribution in [3.63, 3.8) is 0 Å². The summed E-state index contributed by atoms with van der Waals surface area (Å²) in [6.45, 7) is 3.15. The number of hydrogen-bond donors (Lipinski definition) is 4. The first-order chi connectivity index (χ1) is 12.8. The summed E-state index contributed by atoms with van der Waals surface area (Å²) in [7, 11) is 0. The van der Waals surface area contributed by atoms with Gasteiger partial charge in [0, 0.05) is 5.02 Å². The molecule has 0 unspecified atom stereocenters. The Morgan fingerprint density at radius 3 is 2.22 bits per heavy atom. The average molecular weight is 394 g/mol. The molecule has 8 heteroatoms. The maximum Gasteiger partial charge on any atom is 0.110 e. The highest BCUT2D eigenvalue weighted by atomic mass is 35.5. The van der Waals surface area contributed by atoms with Gasteiger partial charge in [-0.3, -0.25) is 0 Å². The van der Waals surface area contributed by atoms with Gasteiger partial charge in [0.2, 0.25) is 0 Å². The van der Waals surface area contributed by atoms with Gasteiger partial charge in [0.1, 0.15) is 18.3 Å². The number of halogens is 1. The van der Waals surface area contributed by atoms with Crippen LogP contribution in [0.25, 0.3) is 0 Å². The van der Waals surface area contributed by atoms with Crippen LogP contribution in [-0.4, -0.2) is 51.9 Å². The number of aryl methyl sites for hydroxylation is 2. The van der Waals surface area contributed by atoms with Gasteiger partial charge in [0.15, 0.2) is 0 Å². The van der Waals surface area contributed by atoms with Crippen molar-refractivity contribution < 1.29 is 20.4 Å². The molecule has 0 fully saturated rings. The number of aliphatic hydroxyl groups is 4. The summed E-state index contributed by atoms with van der Waals surface area (Å²) in [5.74, 6) is 0. The lowest BCUT2D eigenvalue weighted by atomic mass is 10.1. The van der Waals surface area contributed by atoms with E-state index in [2.05, 4.69) is 10.3 Å². The zero-order chi connectivity index (χ0) is 20.0. The minimum absolute atomic E-state index is 0.127. The second-order valence-corrected chi connectivity index (χ2v) is 6.76. The molecule has 2 rings (SSSR count). The van der Waals surface area contributed by atoms with Crippen molar-refractivity contribution >= 4 is 23.0 Å². The van der Waals surface area contributed by atoms with Gasteiger partial charge in [-0.05, 0) is 61.4 Å². The SMILES string of the molecule is Cc1ccc(N(C[C@H](O)[C@H](O)[C@@H](O)CO)N=Nc2ccc(Cl)cc2)cc1C. The van der Waals surface area contributed by atoms with E-state index in [4.69, 9.17) is 16.7 Å². The number of aliphatic hydroxyl groups excluding tert-OH is 4. The highest BCUT2D eigenvalue weighted by Gasteiger charge is 2.26. The molecule has 0 aliphatic rings. The predicted molar refractivity (Wildman–Crippen MR) is 104 cm³/mol. The van der Waals surface area contributed by atoms with Crippen LogP contribution in [0.3, 0.4) is 0 Å². The minimum atomic E-state index is -1.52. The standard InChI is InChI=1S/C19H24ClN3O4/c1-12-3-8-16(9-13(12)2)23(10-17(25)19(27)18(26)11-24)22-21-15-6-4-14(20)5-7-15/h3-9,17-19,24-27H,10-11H2,1-2H3/t17-,18-,19-/m0/s1. The highest BCUT2D eigenvalue weighted by Crippen LogP contribution is 2.23. The molecule has 0 aromatic heterocycles. The normalized spacial score (nSPS) is 14.9. The van der Waals surface area contributed by atoms with Crippen molar-refractivity contribution in [3.05, 3.63) is 58.6 Å². The quantitative estimate of drug-likeness (QED) is 0.407. The molecule has 0 radical (unpaired) electrons. The molecule has 0 saturated heterocycles. The van der Waals surface area contributed by atoms with Crippen LogP contribution in [0.4, 0.5) is 11.4 Å². The first kappa shape index (κ1) is 21.3. The van der Waals surface area contributed by atoms with Crippen LogP contribution in [0.5, 0.6) is 0 Å². The van der Waals surface area contributed by atoms with Gasteiger partial charge in [-0.1, -0.05) is 22.9 Å². The fourth-order valence-electron chi connectivity index (χ4n) is 2.34. The lowest BCUT2D eigenvalue weighted by molar-refractivity contribution is -0.0732. The van der Waals surface area contributed by atoms with Crippen LogP contribution >= 0.6 is 11.6 Å². The van der Waals surface area contributed by atoms with Gasteiger partial charge in [-0.15, -0.1) is 5.11 Å². The van der Waals surface area contributed by atoms with E-state index in [0.717, 1.165) is 11.1 Å². The van der Waals surface area contributed by atoms with Crippen molar-refractivity contribution in [2.45, 2.75) is 32.2 Å². The Morgan fingerprint density at radius 2 is 1.63 bits per heavy atom. The Morgan fingerprint density at radius 1 is 0.963 bits per heavy atom. The third-order valence-electron chi connectivity index (χ3n) is 4.22. The van der Waals surface area contributed by atoms with Crippen molar-refractivity contribution in [1.29, 1.82) is 0 Å². The smallest absolute Gasteiger partial charge is 0.110 e. The maximum absolute atomic E-state index is 10.2. The van der Waals surface area contributed by atoms with Crippen LogP contribution < -0.4 is 5.01 Å². The molecule has 0 bridgehead atoms. The third-order valence-corrected chi connectivity index (χ3v) is 4.47. The molecule has 0 heterocycles. The van der Waals surface area contributed by atoms with E-state index < -0.39 is 24.9 Å². The molecule has 0 aliphatic carbocycles. The topological polar surface area (TPSA) is 109 Å². The average Bonchev–Trinajstić information content (AvgIpc) is 2.67. The molecule has 0 amide bonds. The molecule has 146 valence electrons. The fraction of sp³-hybridized carbons (Fsp3) is 0.368.